The van der Waals surface area contributed by atoms with Crippen LogP contribution in [0.5, 0.6) is 0 Å². The summed E-state index contributed by atoms with van der Waals surface area (Å²) in [6.07, 6.45) is 0.439. The lowest BCUT2D eigenvalue weighted by molar-refractivity contribution is -0.117. The van der Waals surface area contributed by atoms with Crippen LogP contribution in [0.25, 0.3) is 0 Å². The number of carbonyl (C=O) groups is 1. The maximum absolute atomic E-state index is 12.1. The van der Waals surface area contributed by atoms with Gasteiger partial charge in [0.25, 0.3) is 0 Å². The van der Waals surface area contributed by atoms with E-state index in [4.69, 9.17) is 5.73 Å². The number of hydrogen-bond acceptors (Lipinski definition) is 3. The number of benzene rings is 2. The third-order valence-electron chi connectivity index (χ3n) is 3.62. The van der Waals surface area contributed by atoms with E-state index in [1.807, 2.05) is 54.4 Å². The fourth-order valence-corrected chi connectivity index (χ4v) is 2.54. The summed E-state index contributed by atoms with van der Waals surface area (Å²) in [6, 6.07) is 13.8. The Morgan fingerprint density at radius 1 is 1.20 bits per heavy atom. The number of hydrogen-bond donors (Lipinski definition) is 2. The number of nitrogens with zero attached hydrogens (tertiary/aromatic N) is 1. The molecule has 0 aliphatic carbocycles. The van der Waals surface area contributed by atoms with Crippen LogP contribution in [0.15, 0.2) is 42.5 Å². The van der Waals surface area contributed by atoms with Crippen LogP contribution in [0.2, 0.25) is 0 Å². The Hall–Kier alpha value is -2.49. The van der Waals surface area contributed by atoms with Crippen LogP contribution in [-0.4, -0.2) is 13.0 Å². The van der Waals surface area contributed by atoms with Crippen LogP contribution in [0.4, 0.5) is 17.1 Å². The van der Waals surface area contributed by atoms with E-state index < -0.39 is 0 Å². The lowest BCUT2D eigenvalue weighted by Crippen LogP contribution is -2.25. The summed E-state index contributed by atoms with van der Waals surface area (Å²) in [5, 5.41) is 3.08. The second kappa shape index (κ2) is 4.89. The van der Waals surface area contributed by atoms with Gasteiger partial charge < -0.3 is 16.0 Å². The van der Waals surface area contributed by atoms with Gasteiger partial charge in [0.15, 0.2) is 0 Å². The molecule has 1 aliphatic heterocycles. The van der Waals surface area contributed by atoms with E-state index in [-0.39, 0.29) is 5.91 Å². The van der Waals surface area contributed by atoms with Crippen molar-refractivity contribution in [3.05, 3.63) is 53.6 Å². The third-order valence-corrected chi connectivity index (χ3v) is 3.62. The highest BCUT2D eigenvalue weighted by molar-refractivity contribution is 6.01. The molecule has 4 nitrogen and oxygen atoms in total. The second-order valence-corrected chi connectivity index (χ2v) is 4.99. The van der Waals surface area contributed by atoms with Gasteiger partial charge in [0.2, 0.25) is 5.91 Å². The van der Waals surface area contributed by atoms with E-state index in [0.717, 1.165) is 22.5 Å². The van der Waals surface area contributed by atoms with Crippen molar-refractivity contribution in [1.29, 1.82) is 0 Å². The lowest BCUT2D eigenvalue weighted by Gasteiger charge is -2.18. The Labute approximate surface area is 118 Å². The van der Waals surface area contributed by atoms with Crippen LogP contribution in [0.1, 0.15) is 11.1 Å². The van der Waals surface area contributed by atoms with Crippen molar-refractivity contribution in [2.45, 2.75) is 13.0 Å². The zero-order valence-electron chi connectivity index (χ0n) is 11.4. The van der Waals surface area contributed by atoms with Crippen LogP contribution in [-0.2, 0) is 17.8 Å². The van der Waals surface area contributed by atoms with Crippen molar-refractivity contribution in [3.8, 4) is 0 Å². The number of nitrogens with one attached hydrogen (secondary N) is 1. The molecule has 0 aromatic heterocycles. The quantitative estimate of drug-likeness (QED) is 0.840. The van der Waals surface area contributed by atoms with Gasteiger partial charge in [-0.1, -0.05) is 12.1 Å². The molecule has 0 bridgehead atoms. The molecular weight excluding hydrogens is 250 g/mol. The first-order valence-corrected chi connectivity index (χ1v) is 6.63. The molecule has 102 valence electrons. The van der Waals surface area contributed by atoms with E-state index in [0.29, 0.717) is 18.7 Å². The number of amides is 1. The van der Waals surface area contributed by atoms with Gasteiger partial charge in [-0.25, -0.2) is 0 Å². The molecule has 0 unspecified atom stereocenters. The number of nitrogens with two attached hydrogens (primary N) is 1. The zero-order chi connectivity index (χ0) is 14.1. The van der Waals surface area contributed by atoms with E-state index in [9.17, 15) is 4.79 Å². The average molecular weight is 267 g/mol. The smallest absolute Gasteiger partial charge is 0.231 e. The minimum atomic E-state index is 0.128. The predicted octanol–water partition coefficient (Wildman–Crippen LogP) is 2.40. The summed E-state index contributed by atoms with van der Waals surface area (Å²) in [6.45, 7) is 0.597. The Morgan fingerprint density at radius 3 is 2.65 bits per heavy atom. The molecular formula is C16H17N3O. The Bertz CT molecular complexity index is 649. The van der Waals surface area contributed by atoms with Crippen molar-refractivity contribution in [2.75, 3.05) is 23.0 Å². The zero-order valence-corrected chi connectivity index (χ0v) is 11.4. The Balaban J connectivity index is 1.86. The van der Waals surface area contributed by atoms with Crippen molar-refractivity contribution in [1.82, 2.24) is 0 Å². The molecule has 0 atom stereocenters. The molecule has 2 aromatic carbocycles. The fourth-order valence-electron chi connectivity index (χ4n) is 2.54. The fraction of sp³-hybridized carbons (Fsp3) is 0.188. The highest BCUT2D eigenvalue weighted by atomic mass is 16.2. The van der Waals surface area contributed by atoms with Gasteiger partial charge in [-0.3, -0.25) is 4.79 Å². The Morgan fingerprint density at radius 2 is 1.95 bits per heavy atom. The highest BCUT2D eigenvalue weighted by Gasteiger charge is 2.27. The molecule has 0 spiro atoms. The van der Waals surface area contributed by atoms with Gasteiger partial charge in [-0.2, -0.15) is 0 Å². The first kappa shape index (κ1) is 12.5. The number of rotatable bonds is 3. The van der Waals surface area contributed by atoms with E-state index in [1.54, 1.807) is 0 Å². The van der Waals surface area contributed by atoms with Crippen molar-refractivity contribution in [3.63, 3.8) is 0 Å². The van der Waals surface area contributed by atoms with Crippen LogP contribution in [0, 0.1) is 0 Å². The molecule has 1 amide bonds. The second-order valence-electron chi connectivity index (χ2n) is 4.99. The van der Waals surface area contributed by atoms with Crippen molar-refractivity contribution < 1.29 is 4.79 Å². The van der Waals surface area contributed by atoms with Crippen molar-refractivity contribution >= 4 is 23.0 Å². The maximum Gasteiger partial charge on any atom is 0.231 e. The highest BCUT2D eigenvalue weighted by Crippen LogP contribution is 2.31. The molecule has 3 N–H and O–H groups in total. The number of fused-ring (bicyclic) bond motifs is 1. The normalized spacial score (nSPS) is 13.4. The summed E-state index contributed by atoms with van der Waals surface area (Å²) in [5.41, 5.74) is 10.6. The maximum atomic E-state index is 12.1. The molecule has 2 aromatic rings. The molecule has 20 heavy (non-hydrogen) atoms. The summed E-state index contributed by atoms with van der Waals surface area (Å²) in [4.78, 5) is 14.0. The third kappa shape index (κ3) is 2.20. The van der Waals surface area contributed by atoms with Gasteiger partial charge in [-0.15, -0.1) is 0 Å². The Kier molecular flexibility index (Phi) is 3.06. The first-order chi connectivity index (χ1) is 9.67. The van der Waals surface area contributed by atoms with Gasteiger partial charge in [0.1, 0.15) is 0 Å². The van der Waals surface area contributed by atoms with Gasteiger partial charge in [0.05, 0.1) is 13.0 Å². The van der Waals surface area contributed by atoms with Crippen LogP contribution in [0.3, 0.4) is 0 Å². The standard InChI is InChI=1S/C16H17N3O/c1-18-14-5-2-11(3-6-14)10-19-15-7-4-13(17)8-12(15)9-16(19)20/h2-8,18H,9-10,17H2,1H3. The number of nitrogen functional groups attached to an aromatic ring is 1. The average Bonchev–Trinajstić information content (AvgIpc) is 2.75. The molecule has 0 saturated carbocycles. The summed E-state index contributed by atoms with van der Waals surface area (Å²) >= 11 is 0. The summed E-state index contributed by atoms with van der Waals surface area (Å²) in [5.74, 6) is 0.128. The van der Waals surface area contributed by atoms with Gasteiger partial charge in [-0.05, 0) is 41.5 Å². The monoisotopic (exact) mass is 267 g/mol. The van der Waals surface area contributed by atoms with Crippen LogP contribution >= 0.6 is 0 Å². The van der Waals surface area contributed by atoms with Gasteiger partial charge >= 0.3 is 0 Å². The molecule has 4 heteroatoms. The molecule has 0 saturated heterocycles. The number of carbonyl (C=O) groups excluding carboxylic acids is 1. The lowest BCUT2D eigenvalue weighted by atomic mass is 10.1. The minimum Gasteiger partial charge on any atom is -0.399 e. The van der Waals surface area contributed by atoms with E-state index >= 15 is 0 Å². The first-order valence-electron chi connectivity index (χ1n) is 6.63. The van der Waals surface area contributed by atoms with Crippen LogP contribution < -0.4 is 16.0 Å². The molecule has 3 rings (SSSR count). The van der Waals surface area contributed by atoms with E-state index in [2.05, 4.69) is 5.32 Å². The van der Waals surface area contributed by atoms with Crippen molar-refractivity contribution in [2.24, 2.45) is 0 Å². The topological polar surface area (TPSA) is 58.4 Å². The summed E-state index contributed by atoms with van der Waals surface area (Å²) < 4.78 is 0. The molecule has 0 radical (unpaired) electrons. The SMILES string of the molecule is CNc1ccc(CN2C(=O)Cc3cc(N)ccc32)cc1. The summed E-state index contributed by atoms with van der Waals surface area (Å²) in [7, 11) is 1.89. The largest absolute Gasteiger partial charge is 0.399 e. The van der Waals surface area contributed by atoms with E-state index in [1.165, 1.54) is 0 Å². The number of anilines is 3. The molecule has 1 aliphatic rings. The minimum absolute atomic E-state index is 0.128. The van der Waals surface area contributed by atoms with Gasteiger partial charge in [0, 0.05) is 24.1 Å². The molecule has 1 heterocycles. The molecule has 0 fully saturated rings. The predicted molar refractivity (Wildman–Crippen MR) is 81.7 cm³/mol.